The van der Waals surface area contributed by atoms with Gasteiger partial charge in [-0.25, -0.2) is 5.43 Å². The third-order valence-electron chi connectivity index (χ3n) is 3.55. The number of hydrazine groups is 1. The van der Waals surface area contributed by atoms with E-state index in [2.05, 4.69) is 77.7 Å². The Balaban J connectivity index is 2.34. The zero-order valence-electron chi connectivity index (χ0n) is 12.0. The van der Waals surface area contributed by atoms with Gasteiger partial charge in [0.05, 0.1) is 6.04 Å². The van der Waals surface area contributed by atoms with E-state index in [1.165, 1.54) is 23.1 Å². The van der Waals surface area contributed by atoms with Gasteiger partial charge in [0.15, 0.2) is 0 Å². The molecule has 2 aromatic rings. The Morgan fingerprint density at radius 1 is 1.15 bits per heavy atom. The van der Waals surface area contributed by atoms with Gasteiger partial charge in [0.1, 0.15) is 0 Å². The van der Waals surface area contributed by atoms with Gasteiger partial charge in [0.25, 0.3) is 0 Å². The monoisotopic (exact) mass is 332 g/mol. The Kier molecular flexibility index (Phi) is 5.35. The SMILES string of the molecule is CCCc1ccc(C(NN)c2cccc(C)c2Br)cc1. The van der Waals surface area contributed by atoms with E-state index >= 15 is 0 Å². The largest absolute Gasteiger partial charge is 0.271 e. The fraction of sp³-hybridized carbons (Fsp3) is 0.294. The summed E-state index contributed by atoms with van der Waals surface area (Å²) in [4.78, 5) is 0. The number of hydrogen-bond donors (Lipinski definition) is 2. The van der Waals surface area contributed by atoms with E-state index in [0.29, 0.717) is 0 Å². The molecule has 1 atom stereocenters. The van der Waals surface area contributed by atoms with Gasteiger partial charge in [-0.3, -0.25) is 5.84 Å². The van der Waals surface area contributed by atoms with Gasteiger partial charge in [-0.1, -0.05) is 71.7 Å². The molecule has 106 valence electrons. The van der Waals surface area contributed by atoms with Crippen molar-refractivity contribution in [3.05, 3.63) is 69.2 Å². The minimum atomic E-state index is -0.0000449. The van der Waals surface area contributed by atoms with Gasteiger partial charge in [-0.15, -0.1) is 0 Å². The van der Waals surface area contributed by atoms with E-state index in [9.17, 15) is 0 Å². The Labute approximate surface area is 129 Å². The summed E-state index contributed by atoms with van der Waals surface area (Å²) in [7, 11) is 0. The maximum atomic E-state index is 5.78. The molecule has 2 aromatic carbocycles. The fourth-order valence-electron chi connectivity index (χ4n) is 2.42. The van der Waals surface area contributed by atoms with Gasteiger partial charge in [0.2, 0.25) is 0 Å². The molecule has 2 nitrogen and oxygen atoms in total. The molecule has 0 aromatic heterocycles. The van der Waals surface area contributed by atoms with Crippen LogP contribution in [0.5, 0.6) is 0 Å². The van der Waals surface area contributed by atoms with Gasteiger partial charge >= 0.3 is 0 Å². The molecule has 0 amide bonds. The van der Waals surface area contributed by atoms with Crippen molar-refractivity contribution in [1.82, 2.24) is 5.43 Å². The van der Waals surface area contributed by atoms with Crippen molar-refractivity contribution in [2.45, 2.75) is 32.7 Å². The molecule has 1 unspecified atom stereocenters. The predicted molar refractivity (Wildman–Crippen MR) is 88.5 cm³/mol. The van der Waals surface area contributed by atoms with Crippen LogP contribution in [0.1, 0.15) is 41.6 Å². The quantitative estimate of drug-likeness (QED) is 0.634. The van der Waals surface area contributed by atoms with Gasteiger partial charge in [0, 0.05) is 4.47 Å². The van der Waals surface area contributed by atoms with Crippen molar-refractivity contribution in [3.8, 4) is 0 Å². The molecule has 0 aliphatic rings. The highest BCUT2D eigenvalue weighted by Gasteiger charge is 2.16. The highest BCUT2D eigenvalue weighted by Crippen LogP contribution is 2.30. The third kappa shape index (κ3) is 3.29. The number of benzene rings is 2. The fourth-order valence-corrected chi connectivity index (χ4v) is 2.92. The normalized spacial score (nSPS) is 12.4. The molecular formula is C17H21BrN2. The molecule has 3 N–H and O–H groups in total. The van der Waals surface area contributed by atoms with E-state index in [1.807, 2.05) is 0 Å². The van der Waals surface area contributed by atoms with Crippen LogP contribution in [0, 0.1) is 6.92 Å². The zero-order valence-corrected chi connectivity index (χ0v) is 13.6. The molecule has 20 heavy (non-hydrogen) atoms. The Morgan fingerprint density at radius 3 is 2.45 bits per heavy atom. The average Bonchev–Trinajstić information content (AvgIpc) is 2.46. The number of halogens is 1. The van der Waals surface area contributed by atoms with Crippen molar-refractivity contribution >= 4 is 15.9 Å². The van der Waals surface area contributed by atoms with E-state index in [4.69, 9.17) is 5.84 Å². The average molecular weight is 333 g/mol. The van der Waals surface area contributed by atoms with Crippen molar-refractivity contribution in [3.63, 3.8) is 0 Å². The molecule has 0 saturated heterocycles. The number of aryl methyl sites for hydroxylation is 2. The summed E-state index contributed by atoms with van der Waals surface area (Å²) in [5.41, 5.74) is 7.85. The Morgan fingerprint density at radius 2 is 1.85 bits per heavy atom. The molecule has 0 heterocycles. The maximum absolute atomic E-state index is 5.78. The van der Waals surface area contributed by atoms with E-state index in [0.717, 1.165) is 16.5 Å². The summed E-state index contributed by atoms with van der Waals surface area (Å²) in [6.07, 6.45) is 2.29. The van der Waals surface area contributed by atoms with Crippen molar-refractivity contribution in [1.29, 1.82) is 0 Å². The highest BCUT2D eigenvalue weighted by molar-refractivity contribution is 9.10. The smallest absolute Gasteiger partial charge is 0.0721 e. The standard InChI is InChI=1S/C17H21BrN2/c1-3-5-13-8-10-14(11-9-13)17(20-19)15-7-4-6-12(2)16(15)18/h4,6-11,17,20H,3,5,19H2,1-2H3. The molecule has 0 radical (unpaired) electrons. The van der Waals surface area contributed by atoms with Gasteiger partial charge in [-0.2, -0.15) is 0 Å². The summed E-state index contributed by atoms with van der Waals surface area (Å²) in [6, 6.07) is 14.9. The second-order valence-corrected chi connectivity index (χ2v) is 5.86. The summed E-state index contributed by atoms with van der Waals surface area (Å²) in [6.45, 7) is 4.29. The minimum Gasteiger partial charge on any atom is -0.271 e. The minimum absolute atomic E-state index is 0.0000449. The lowest BCUT2D eigenvalue weighted by Crippen LogP contribution is -2.29. The molecule has 0 saturated carbocycles. The van der Waals surface area contributed by atoms with Crippen LogP contribution in [0.3, 0.4) is 0 Å². The molecular weight excluding hydrogens is 312 g/mol. The second-order valence-electron chi connectivity index (χ2n) is 5.07. The maximum Gasteiger partial charge on any atom is 0.0721 e. The van der Waals surface area contributed by atoms with Crippen LogP contribution in [0.2, 0.25) is 0 Å². The number of rotatable bonds is 5. The summed E-state index contributed by atoms with van der Waals surface area (Å²) >= 11 is 3.66. The number of nitrogens with one attached hydrogen (secondary N) is 1. The number of hydrogen-bond acceptors (Lipinski definition) is 2. The summed E-state index contributed by atoms with van der Waals surface area (Å²) < 4.78 is 1.11. The van der Waals surface area contributed by atoms with E-state index in [1.54, 1.807) is 0 Å². The van der Waals surface area contributed by atoms with Crippen LogP contribution >= 0.6 is 15.9 Å². The Bertz CT molecular complexity index is 564. The van der Waals surface area contributed by atoms with Crippen LogP contribution in [0.15, 0.2) is 46.9 Å². The molecule has 0 fully saturated rings. The molecule has 0 aliphatic heterocycles. The topological polar surface area (TPSA) is 38.0 Å². The van der Waals surface area contributed by atoms with Crippen LogP contribution in [0.25, 0.3) is 0 Å². The first kappa shape index (κ1) is 15.2. The lowest BCUT2D eigenvalue weighted by Gasteiger charge is -2.19. The molecule has 0 bridgehead atoms. The predicted octanol–water partition coefficient (Wildman–Crippen LogP) is 4.26. The summed E-state index contributed by atoms with van der Waals surface area (Å²) in [5.74, 6) is 5.78. The van der Waals surface area contributed by atoms with Crippen LogP contribution in [-0.4, -0.2) is 0 Å². The second kappa shape index (κ2) is 7.02. The first-order chi connectivity index (χ1) is 9.67. The Hall–Kier alpha value is -1.16. The molecule has 2 rings (SSSR count). The first-order valence-corrected chi connectivity index (χ1v) is 7.76. The van der Waals surface area contributed by atoms with Crippen LogP contribution in [-0.2, 0) is 6.42 Å². The van der Waals surface area contributed by atoms with Crippen LogP contribution in [0.4, 0.5) is 0 Å². The van der Waals surface area contributed by atoms with Gasteiger partial charge in [-0.05, 0) is 35.6 Å². The van der Waals surface area contributed by atoms with E-state index in [-0.39, 0.29) is 6.04 Å². The third-order valence-corrected chi connectivity index (χ3v) is 4.63. The lowest BCUT2D eigenvalue weighted by atomic mass is 9.96. The van der Waals surface area contributed by atoms with Crippen molar-refractivity contribution in [2.24, 2.45) is 5.84 Å². The highest BCUT2D eigenvalue weighted by atomic mass is 79.9. The first-order valence-electron chi connectivity index (χ1n) is 6.97. The van der Waals surface area contributed by atoms with Gasteiger partial charge < -0.3 is 0 Å². The summed E-state index contributed by atoms with van der Waals surface area (Å²) in [5, 5.41) is 0. The zero-order chi connectivity index (χ0) is 14.5. The van der Waals surface area contributed by atoms with Crippen molar-refractivity contribution in [2.75, 3.05) is 0 Å². The molecule has 3 heteroatoms. The lowest BCUT2D eigenvalue weighted by molar-refractivity contribution is 0.634. The number of nitrogens with two attached hydrogens (primary N) is 1. The van der Waals surface area contributed by atoms with Crippen LogP contribution < -0.4 is 11.3 Å². The molecule has 0 aliphatic carbocycles. The van der Waals surface area contributed by atoms with Crippen molar-refractivity contribution < 1.29 is 0 Å². The molecule has 0 spiro atoms. The van der Waals surface area contributed by atoms with E-state index < -0.39 is 0 Å².